The minimum atomic E-state index is 0.0291. The van der Waals surface area contributed by atoms with Crippen LogP contribution in [0.25, 0.3) is 0 Å². The van der Waals surface area contributed by atoms with Gasteiger partial charge in [0.2, 0.25) is 5.91 Å². The maximum Gasteiger partial charge on any atom is 0.224 e. The van der Waals surface area contributed by atoms with Crippen LogP contribution in [-0.2, 0) is 11.2 Å². The van der Waals surface area contributed by atoms with E-state index in [1.807, 2.05) is 54.8 Å². The summed E-state index contributed by atoms with van der Waals surface area (Å²) >= 11 is 7.46. The van der Waals surface area contributed by atoms with Crippen LogP contribution in [0.2, 0.25) is 5.02 Å². The first kappa shape index (κ1) is 14.9. The Morgan fingerprint density at radius 2 is 1.85 bits per heavy atom. The Kier molecular flexibility index (Phi) is 5.50. The van der Waals surface area contributed by atoms with E-state index < -0.39 is 0 Å². The summed E-state index contributed by atoms with van der Waals surface area (Å²) in [6.07, 6.45) is 3.17. The van der Waals surface area contributed by atoms with Gasteiger partial charge >= 0.3 is 0 Å². The lowest BCUT2D eigenvalue weighted by molar-refractivity contribution is -0.116. The molecule has 4 heteroatoms. The second-order valence-corrected chi connectivity index (χ2v) is 5.66. The molecule has 0 atom stereocenters. The summed E-state index contributed by atoms with van der Waals surface area (Å²) in [4.78, 5) is 13.1. The molecule has 0 radical (unpaired) electrons. The normalized spacial score (nSPS) is 10.3. The van der Waals surface area contributed by atoms with Crippen LogP contribution < -0.4 is 5.32 Å². The Balaban J connectivity index is 1.91. The van der Waals surface area contributed by atoms with Gasteiger partial charge in [-0.25, -0.2) is 0 Å². The van der Waals surface area contributed by atoms with E-state index >= 15 is 0 Å². The quantitative estimate of drug-likeness (QED) is 0.816. The average molecular weight is 306 g/mol. The van der Waals surface area contributed by atoms with Crippen molar-refractivity contribution in [2.75, 3.05) is 11.6 Å². The first-order valence-corrected chi connectivity index (χ1v) is 7.96. The Bertz CT molecular complexity index is 583. The van der Waals surface area contributed by atoms with Gasteiger partial charge in [0.25, 0.3) is 0 Å². The largest absolute Gasteiger partial charge is 0.325 e. The van der Waals surface area contributed by atoms with Crippen LogP contribution in [0.5, 0.6) is 0 Å². The predicted molar refractivity (Wildman–Crippen MR) is 86.6 cm³/mol. The van der Waals surface area contributed by atoms with E-state index in [2.05, 4.69) is 5.32 Å². The summed E-state index contributed by atoms with van der Waals surface area (Å²) in [5.41, 5.74) is 1.99. The Hall–Kier alpha value is -1.45. The molecule has 0 aliphatic heterocycles. The molecule has 1 N–H and O–H groups in total. The van der Waals surface area contributed by atoms with Crippen molar-refractivity contribution in [3.05, 3.63) is 59.1 Å². The fourth-order valence-corrected chi connectivity index (χ4v) is 2.55. The number of rotatable bonds is 5. The average Bonchev–Trinajstić information content (AvgIpc) is 2.47. The monoisotopic (exact) mass is 305 g/mol. The molecule has 1 amide bonds. The van der Waals surface area contributed by atoms with Crippen LogP contribution in [0.3, 0.4) is 0 Å². The highest BCUT2D eigenvalue weighted by Crippen LogP contribution is 2.24. The lowest BCUT2D eigenvalue weighted by Crippen LogP contribution is -2.12. The molecule has 0 bridgehead atoms. The molecular weight excluding hydrogens is 290 g/mol. The number of carbonyl (C=O) groups is 1. The number of para-hydroxylation sites is 1. The summed E-state index contributed by atoms with van der Waals surface area (Å²) in [6, 6.07) is 15.4. The zero-order valence-electron chi connectivity index (χ0n) is 11.2. The first-order chi connectivity index (χ1) is 9.69. The number of aryl methyl sites for hydroxylation is 1. The smallest absolute Gasteiger partial charge is 0.224 e. The second kappa shape index (κ2) is 7.36. The number of carbonyl (C=O) groups excluding carboxylic acids is 1. The molecule has 104 valence electrons. The van der Waals surface area contributed by atoms with Crippen molar-refractivity contribution < 1.29 is 4.79 Å². The van der Waals surface area contributed by atoms with E-state index in [1.165, 1.54) is 0 Å². The number of nitrogens with one attached hydrogen (secondary N) is 1. The van der Waals surface area contributed by atoms with Gasteiger partial charge in [-0.15, -0.1) is 11.8 Å². The minimum absolute atomic E-state index is 0.0291. The van der Waals surface area contributed by atoms with E-state index in [4.69, 9.17) is 11.6 Å². The molecule has 2 aromatic carbocycles. The molecule has 0 heterocycles. The topological polar surface area (TPSA) is 29.1 Å². The molecule has 0 spiro atoms. The third kappa shape index (κ3) is 4.29. The lowest BCUT2D eigenvalue weighted by Gasteiger charge is -2.09. The molecule has 2 rings (SSSR count). The molecule has 2 aromatic rings. The van der Waals surface area contributed by atoms with E-state index in [-0.39, 0.29) is 5.91 Å². The fourth-order valence-electron chi connectivity index (χ4n) is 1.87. The van der Waals surface area contributed by atoms with Gasteiger partial charge in [-0.05, 0) is 42.5 Å². The van der Waals surface area contributed by atoms with Gasteiger partial charge in [0, 0.05) is 16.3 Å². The number of benzene rings is 2. The summed E-state index contributed by atoms with van der Waals surface area (Å²) in [6.45, 7) is 0. The minimum Gasteiger partial charge on any atom is -0.325 e. The van der Waals surface area contributed by atoms with Crippen LogP contribution in [0, 0.1) is 0 Å². The second-order valence-electron chi connectivity index (χ2n) is 4.37. The standard InChI is InChI=1S/C16H16ClNOS/c1-20-15-5-3-2-4-14(15)18-16(19)11-8-12-6-9-13(17)10-7-12/h2-7,9-10H,8,11H2,1H3,(H,18,19). The van der Waals surface area contributed by atoms with Gasteiger partial charge in [0.05, 0.1) is 5.69 Å². The van der Waals surface area contributed by atoms with Crippen molar-refractivity contribution in [1.82, 2.24) is 0 Å². The maximum absolute atomic E-state index is 12.0. The van der Waals surface area contributed by atoms with Gasteiger partial charge in [-0.2, -0.15) is 0 Å². The molecule has 0 aliphatic rings. The van der Waals surface area contributed by atoms with E-state index in [9.17, 15) is 4.79 Å². The summed E-state index contributed by atoms with van der Waals surface area (Å²) in [7, 11) is 0. The van der Waals surface area contributed by atoms with Crippen molar-refractivity contribution in [2.45, 2.75) is 17.7 Å². The van der Waals surface area contributed by atoms with Crippen molar-refractivity contribution in [1.29, 1.82) is 0 Å². The molecule has 0 unspecified atom stereocenters. The van der Waals surface area contributed by atoms with Gasteiger partial charge in [-0.1, -0.05) is 35.9 Å². The van der Waals surface area contributed by atoms with Gasteiger partial charge < -0.3 is 5.32 Å². The summed E-state index contributed by atoms with van der Waals surface area (Å²) in [5.74, 6) is 0.0291. The fraction of sp³-hybridized carbons (Fsp3) is 0.188. The van der Waals surface area contributed by atoms with Crippen LogP contribution in [0.1, 0.15) is 12.0 Å². The van der Waals surface area contributed by atoms with E-state index in [0.717, 1.165) is 16.1 Å². The zero-order valence-corrected chi connectivity index (χ0v) is 12.8. The van der Waals surface area contributed by atoms with Crippen LogP contribution >= 0.6 is 23.4 Å². The van der Waals surface area contributed by atoms with Gasteiger partial charge in [-0.3, -0.25) is 4.79 Å². The van der Waals surface area contributed by atoms with E-state index in [0.29, 0.717) is 17.9 Å². The van der Waals surface area contributed by atoms with Crippen LogP contribution in [-0.4, -0.2) is 12.2 Å². The third-order valence-corrected chi connectivity index (χ3v) is 3.98. The maximum atomic E-state index is 12.0. The number of amides is 1. The summed E-state index contributed by atoms with van der Waals surface area (Å²) in [5, 5.41) is 3.67. The molecule has 0 saturated heterocycles. The molecule has 0 fully saturated rings. The van der Waals surface area contributed by atoms with Crippen LogP contribution in [0.4, 0.5) is 5.69 Å². The molecule has 0 aliphatic carbocycles. The van der Waals surface area contributed by atoms with Gasteiger partial charge in [0.1, 0.15) is 0 Å². The van der Waals surface area contributed by atoms with Crippen molar-refractivity contribution in [3.8, 4) is 0 Å². The van der Waals surface area contributed by atoms with Crippen molar-refractivity contribution in [2.24, 2.45) is 0 Å². The Labute approximate surface area is 128 Å². The number of halogens is 1. The number of anilines is 1. The summed E-state index contributed by atoms with van der Waals surface area (Å²) < 4.78 is 0. The van der Waals surface area contributed by atoms with E-state index in [1.54, 1.807) is 11.8 Å². The number of hydrogen-bond donors (Lipinski definition) is 1. The highest BCUT2D eigenvalue weighted by atomic mass is 35.5. The first-order valence-electron chi connectivity index (χ1n) is 6.36. The Morgan fingerprint density at radius 1 is 1.15 bits per heavy atom. The Morgan fingerprint density at radius 3 is 2.55 bits per heavy atom. The third-order valence-electron chi connectivity index (χ3n) is 2.94. The zero-order chi connectivity index (χ0) is 14.4. The molecule has 20 heavy (non-hydrogen) atoms. The van der Waals surface area contributed by atoms with Gasteiger partial charge in [0.15, 0.2) is 0 Å². The van der Waals surface area contributed by atoms with Crippen molar-refractivity contribution in [3.63, 3.8) is 0 Å². The van der Waals surface area contributed by atoms with Crippen molar-refractivity contribution >= 4 is 35.0 Å². The predicted octanol–water partition coefficient (Wildman–Crippen LogP) is 4.63. The molecular formula is C16H16ClNOS. The molecule has 0 saturated carbocycles. The lowest BCUT2D eigenvalue weighted by atomic mass is 10.1. The van der Waals surface area contributed by atoms with Crippen LogP contribution in [0.15, 0.2) is 53.4 Å². The number of hydrogen-bond acceptors (Lipinski definition) is 2. The highest BCUT2D eigenvalue weighted by molar-refractivity contribution is 7.98. The SMILES string of the molecule is CSc1ccccc1NC(=O)CCc1ccc(Cl)cc1. The highest BCUT2D eigenvalue weighted by Gasteiger charge is 2.06. The molecule has 2 nitrogen and oxygen atoms in total. The number of thioether (sulfide) groups is 1. The molecule has 0 aromatic heterocycles.